The molecule has 0 fully saturated rings. The Bertz CT molecular complexity index is 494. The predicted molar refractivity (Wildman–Crippen MR) is 64.1 cm³/mol. The summed E-state index contributed by atoms with van der Waals surface area (Å²) in [5.41, 5.74) is 0.916. The zero-order valence-electron chi connectivity index (χ0n) is 8.33. The van der Waals surface area contributed by atoms with E-state index in [1.165, 1.54) is 0 Å². The molecule has 0 aliphatic carbocycles. The predicted octanol–water partition coefficient (Wildman–Crippen LogP) is 3.10. The molecule has 15 heavy (non-hydrogen) atoms. The van der Waals surface area contributed by atoms with Gasteiger partial charge in [-0.3, -0.25) is 0 Å². The van der Waals surface area contributed by atoms with E-state index >= 15 is 0 Å². The van der Waals surface area contributed by atoms with Gasteiger partial charge in [-0.1, -0.05) is 18.2 Å². The van der Waals surface area contributed by atoms with Crippen molar-refractivity contribution in [3.05, 3.63) is 40.4 Å². The maximum absolute atomic E-state index is 9.03. The van der Waals surface area contributed by atoms with Gasteiger partial charge >= 0.3 is 0 Å². The first-order chi connectivity index (χ1) is 7.26. The van der Waals surface area contributed by atoms with Crippen LogP contribution < -0.4 is 4.74 Å². The number of methoxy groups -OCH3 is 1. The van der Waals surface area contributed by atoms with Crippen molar-refractivity contribution < 1.29 is 9.84 Å². The van der Waals surface area contributed by atoms with Crippen molar-refractivity contribution in [3.8, 4) is 5.75 Å². The summed E-state index contributed by atoms with van der Waals surface area (Å²) in [7, 11) is 1.65. The van der Waals surface area contributed by atoms with Gasteiger partial charge in [0.1, 0.15) is 5.75 Å². The summed E-state index contributed by atoms with van der Waals surface area (Å²) >= 11 is 3.50. The van der Waals surface area contributed by atoms with E-state index in [0.717, 1.165) is 26.6 Å². The van der Waals surface area contributed by atoms with Crippen LogP contribution in [-0.2, 0) is 6.61 Å². The molecule has 0 aliphatic heterocycles. The topological polar surface area (TPSA) is 29.5 Å². The number of benzene rings is 2. The van der Waals surface area contributed by atoms with Crippen LogP contribution in [0.25, 0.3) is 10.8 Å². The van der Waals surface area contributed by atoms with Crippen molar-refractivity contribution in [2.24, 2.45) is 0 Å². The zero-order valence-corrected chi connectivity index (χ0v) is 9.91. The fraction of sp³-hybridized carbons (Fsp3) is 0.167. The fourth-order valence-electron chi connectivity index (χ4n) is 1.58. The van der Waals surface area contributed by atoms with Crippen molar-refractivity contribution in [2.75, 3.05) is 7.11 Å². The molecule has 0 unspecified atom stereocenters. The molecule has 0 amide bonds. The number of aliphatic hydroxyl groups excluding tert-OH is 1. The molecule has 0 bridgehead atoms. The van der Waals surface area contributed by atoms with E-state index in [1.54, 1.807) is 7.11 Å². The van der Waals surface area contributed by atoms with E-state index in [-0.39, 0.29) is 6.61 Å². The highest BCUT2D eigenvalue weighted by atomic mass is 79.9. The van der Waals surface area contributed by atoms with E-state index in [1.807, 2.05) is 30.3 Å². The number of halogens is 1. The van der Waals surface area contributed by atoms with Crippen molar-refractivity contribution in [1.29, 1.82) is 0 Å². The van der Waals surface area contributed by atoms with Crippen LogP contribution in [0.4, 0.5) is 0 Å². The summed E-state index contributed by atoms with van der Waals surface area (Å²) in [6, 6.07) is 9.76. The Labute approximate surface area is 96.6 Å². The first kappa shape index (κ1) is 10.5. The maximum Gasteiger partial charge on any atom is 0.133 e. The van der Waals surface area contributed by atoms with Crippen molar-refractivity contribution in [2.45, 2.75) is 6.61 Å². The van der Waals surface area contributed by atoms with Gasteiger partial charge in [0.2, 0.25) is 0 Å². The van der Waals surface area contributed by atoms with Gasteiger partial charge in [-0.15, -0.1) is 0 Å². The van der Waals surface area contributed by atoms with Gasteiger partial charge in [0, 0.05) is 0 Å². The molecule has 2 rings (SSSR count). The summed E-state index contributed by atoms with van der Waals surface area (Å²) in [5, 5.41) is 11.2. The largest absolute Gasteiger partial charge is 0.496 e. The van der Waals surface area contributed by atoms with Crippen molar-refractivity contribution >= 4 is 26.7 Å². The van der Waals surface area contributed by atoms with Crippen LogP contribution in [0, 0.1) is 0 Å². The lowest BCUT2D eigenvalue weighted by atomic mass is 10.1. The quantitative estimate of drug-likeness (QED) is 0.905. The molecule has 0 atom stereocenters. The molecule has 0 heterocycles. The van der Waals surface area contributed by atoms with Gasteiger partial charge in [0.25, 0.3) is 0 Å². The zero-order chi connectivity index (χ0) is 10.8. The number of rotatable bonds is 2. The Morgan fingerprint density at radius 3 is 2.73 bits per heavy atom. The third-order valence-corrected chi connectivity index (χ3v) is 3.20. The molecule has 78 valence electrons. The SMILES string of the molecule is COc1ccc2cc(CO)ccc2c1Br. The van der Waals surface area contributed by atoms with Gasteiger partial charge in [-0.05, 0) is 44.4 Å². The minimum atomic E-state index is 0.0690. The lowest BCUT2D eigenvalue weighted by Crippen LogP contribution is -1.87. The first-order valence-electron chi connectivity index (χ1n) is 4.62. The molecule has 2 nitrogen and oxygen atoms in total. The molecule has 2 aromatic carbocycles. The summed E-state index contributed by atoms with van der Waals surface area (Å²) < 4.78 is 6.16. The van der Waals surface area contributed by atoms with Gasteiger partial charge in [-0.25, -0.2) is 0 Å². The Kier molecular flexibility index (Phi) is 2.93. The number of hydrogen-bond acceptors (Lipinski definition) is 2. The summed E-state index contributed by atoms with van der Waals surface area (Å²) in [4.78, 5) is 0. The molecule has 2 aromatic rings. The van der Waals surface area contributed by atoms with Gasteiger partial charge in [0.15, 0.2) is 0 Å². The maximum atomic E-state index is 9.03. The van der Waals surface area contributed by atoms with Crippen molar-refractivity contribution in [1.82, 2.24) is 0 Å². The van der Waals surface area contributed by atoms with Crippen LogP contribution >= 0.6 is 15.9 Å². The smallest absolute Gasteiger partial charge is 0.133 e. The summed E-state index contributed by atoms with van der Waals surface area (Å²) in [6.07, 6.45) is 0. The van der Waals surface area contributed by atoms with Crippen LogP contribution in [0.1, 0.15) is 5.56 Å². The number of hydrogen-bond donors (Lipinski definition) is 1. The molecule has 1 N–H and O–H groups in total. The normalized spacial score (nSPS) is 10.6. The van der Waals surface area contributed by atoms with E-state index in [2.05, 4.69) is 15.9 Å². The summed E-state index contributed by atoms with van der Waals surface area (Å²) in [5.74, 6) is 0.819. The average Bonchev–Trinajstić information content (AvgIpc) is 2.29. The van der Waals surface area contributed by atoms with Crippen LogP contribution in [-0.4, -0.2) is 12.2 Å². The molecule has 0 aromatic heterocycles. The molecular weight excluding hydrogens is 256 g/mol. The van der Waals surface area contributed by atoms with Crippen LogP contribution in [0.15, 0.2) is 34.8 Å². The minimum Gasteiger partial charge on any atom is -0.496 e. The standard InChI is InChI=1S/C12H11BrO2/c1-15-11-5-3-9-6-8(7-14)2-4-10(9)12(11)13/h2-6,14H,7H2,1H3. The summed E-state index contributed by atoms with van der Waals surface area (Å²) in [6.45, 7) is 0.0690. The third kappa shape index (κ3) is 1.85. The number of ether oxygens (including phenoxy) is 1. The highest BCUT2D eigenvalue weighted by Gasteiger charge is 2.05. The van der Waals surface area contributed by atoms with E-state index in [4.69, 9.17) is 9.84 Å². The first-order valence-corrected chi connectivity index (χ1v) is 5.41. The number of fused-ring (bicyclic) bond motifs is 1. The molecule has 3 heteroatoms. The molecular formula is C12H11BrO2. The average molecular weight is 267 g/mol. The second-order valence-corrected chi connectivity index (χ2v) is 4.09. The highest BCUT2D eigenvalue weighted by Crippen LogP contribution is 2.33. The Morgan fingerprint density at radius 1 is 1.27 bits per heavy atom. The van der Waals surface area contributed by atoms with Gasteiger partial charge < -0.3 is 9.84 Å². The second kappa shape index (κ2) is 4.21. The van der Waals surface area contributed by atoms with Crippen molar-refractivity contribution in [3.63, 3.8) is 0 Å². The van der Waals surface area contributed by atoms with E-state index < -0.39 is 0 Å². The second-order valence-electron chi connectivity index (χ2n) is 3.30. The lowest BCUT2D eigenvalue weighted by molar-refractivity contribution is 0.282. The fourth-order valence-corrected chi connectivity index (χ4v) is 2.23. The lowest BCUT2D eigenvalue weighted by Gasteiger charge is -2.07. The molecule has 0 saturated heterocycles. The monoisotopic (exact) mass is 266 g/mol. The van der Waals surface area contributed by atoms with Crippen LogP contribution in [0.5, 0.6) is 5.75 Å². The van der Waals surface area contributed by atoms with Crippen LogP contribution in [0.2, 0.25) is 0 Å². The Hall–Kier alpha value is -1.06. The highest BCUT2D eigenvalue weighted by molar-refractivity contribution is 9.10. The molecule has 0 aliphatic rings. The Balaban J connectivity index is 2.68. The van der Waals surface area contributed by atoms with Gasteiger partial charge in [-0.2, -0.15) is 0 Å². The van der Waals surface area contributed by atoms with Crippen LogP contribution in [0.3, 0.4) is 0 Å². The minimum absolute atomic E-state index is 0.0690. The third-order valence-electron chi connectivity index (χ3n) is 2.39. The van der Waals surface area contributed by atoms with E-state index in [9.17, 15) is 0 Å². The molecule has 0 spiro atoms. The number of aliphatic hydroxyl groups is 1. The van der Waals surface area contributed by atoms with E-state index in [0.29, 0.717) is 0 Å². The Morgan fingerprint density at radius 2 is 2.07 bits per heavy atom. The molecule has 0 radical (unpaired) electrons. The van der Waals surface area contributed by atoms with Gasteiger partial charge in [0.05, 0.1) is 18.2 Å². The molecule has 0 saturated carbocycles.